The average molecular weight is 343 g/mol. The Morgan fingerprint density at radius 3 is 2.67 bits per heavy atom. The van der Waals surface area contributed by atoms with Crippen LogP contribution in [0, 0.1) is 6.92 Å². The minimum Gasteiger partial charge on any atom is -0.497 e. The standard InChI is InChI=1S/C20H25NO2S/c1-16-8-10-18(11-9-16)14-24-15-20(22)21-12-4-6-17-5-3-7-19(13-17)23-2/h3,5,7-11,13H,4,6,12,14-15H2,1-2H3,(H,21,22). The molecule has 2 aromatic carbocycles. The monoisotopic (exact) mass is 343 g/mol. The number of aryl methyl sites for hydroxylation is 2. The second kappa shape index (κ2) is 10.0. The lowest BCUT2D eigenvalue weighted by molar-refractivity contribution is -0.118. The topological polar surface area (TPSA) is 38.3 Å². The SMILES string of the molecule is COc1cccc(CCCNC(=O)CSCc2ccc(C)cc2)c1. The van der Waals surface area contributed by atoms with Gasteiger partial charge in [-0.2, -0.15) is 0 Å². The highest BCUT2D eigenvalue weighted by Gasteiger charge is 2.02. The molecule has 0 aliphatic carbocycles. The molecule has 0 aromatic heterocycles. The van der Waals surface area contributed by atoms with E-state index in [1.54, 1.807) is 18.9 Å². The molecule has 24 heavy (non-hydrogen) atoms. The Hall–Kier alpha value is -1.94. The van der Waals surface area contributed by atoms with Crippen molar-refractivity contribution >= 4 is 17.7 Å². The van der Waals surface area contributed by atoms with E-state index in [9.17, 15) is 4.79 Å². The van der Waals surface area contributed by atoms with Gasteiger partial charge >= 0.3 is 0 Å². The summed E-state index contributed by atoms with van der Waals surface area (Å²) in [5.41, 5.74) is 3.76. The van der Waals surface area contributed by atoms with Crippen molar-refractivity contribution < 1.29 is 9.53 Å². The third-order valence-electron chi connectivity index (χ3n) is 3.72. The average Bonchev–Trinajstić information content (AvgIpc) is 2.61. The molecule has 2 rings (SSSR count). The highest BCUT2D eigenvalue weighted by molar-refractivity contribution is 7.99. The van der Waals surface area contributed by atoms with Crippen LogP contribution in [0.4, 0.5) is 0 Å². The fourth-order valence-corrected chi connectivity index (χ4v) is 3.16. The highest BCUT2D eigenvalue weighted by Crippen LogP contribution is 2.14. The Bertz CT molecular complexity index is 640. The fraction of sp³-hybridized carbons (Fsp3) is 0.350. The second-order valence-corrected chi connectivity index (χ2v) is 6.77. The summed E-state index contributed by atoms with van der Waals surface area (Å²) in [6.07, 6.45) is 1.87. The van der Waals surface area contributed by atoms with Crippen LogP contribution < -0.4 is 10.1 Å². The number of carbonyl (C=O) groups is 1. The zero-order valence-electron chi connectivity index (χ0n) is 14.4. The van der Waals surface area contributed by atoms with Crippen LogP contribution in [0.5, 0.6) is 5.75 Å². The first kappa shape index (κ1) is 18.4. The molecule has 3 nitrogen and oxygen atoms in total. The molecule has 1 N–H and O–H groups in total. The lowest BCUT2D eigenvalue weighted by atomic mass is 10.1. The van der Waals surface area contributed by atoms with Crippen molar-refractivity contribution in [3.63, 3.8) is 0 Å². The molecular formula is C20H25NO2S. The van der Waals surface area contributed by atoms with E-state index in [0.29, 0.717) is 12.3 Å². The van der Waals surface area contributed by atoms with Crippen molar-refractivity contribution in [2.45, 2.75) is 25.5 Å². The number of thioether (sulfide) groups is 1. The van der Waals surface area contributed by atoms with E-state index < -0.39 is 0 Å². The van der Waals surface area contributed by atoms with Crippen molar-refractivity contribution in [2.75, 3.05) is 19.4 Å². The summed E-state index contributed by atoms with van der Waals surface area (Å²) in [7, 11) is 1.67. The first-order valence-electron chi connectivity index (χ1n) is 8.20. The molecule has 0 heterocycles. The van der Waals surface area contributed by atoms with Crippen LogP contribution in [0.15, 0.2) is 48.5 Å². The smallest absolute Gasteiger partial charge is 0.230 e. The third kappa shape index (κ3) is 6.67. The lowest BCUT2D eigenvalue weighted by Crippen LogP contribution is -2.26. The summed E-state index contributed by atoms with van der Waals surface area (Å²) in [6.45, 7) is 2.79. The van der Waals surface area contributed by atoms with Crippen molar-refractivity contribution in [2.24, 2.45) is 0 Å². The van der Waals surface area contributed by atoms with Crippen LogP contribution >= 0.6 is 11.8 Å². The van der Waals surface area contributed by atoms with Crippen LogP contribution in [-0.4, -0.2) is 25.3 Å². The number of rotatable bonds is 9. The Labute approximate surface area is 148 Å². The van der Waals surface area contributed by atoms with E-state index in [4.69, 9.17) is 4.74 Å². The van der Waals surface area contributed by atoms with E-state index in [0.717, 1.165) is 24.3 Å². The molecule has 0 fully saturated rings. The summed E-state index contributed by atoms with van der Waals surface area (Å²) in [5, 5.41) is 2.99. The van der Waals surface area contributed by atoms with Gasteiger partial charge in [0.2, 0.25) is 5.91 Å². The first-order chi connectivity index (χ1) is 11.7. The molecule has 0 atom stereocenters. The molecule has 0 aliphatic rings. The molecule has 2 aromatic rings. The van der Waals surface area contributed by atoms with Gasteiger partial charge in [0.05, 0.1) is 12.9 Å². The predicted molar refractivity (Wildman–Crippen MR) is 102 cm³/mol. The summed E-state index contributed by atoms with van der Waals surface area (Å²) in [4.78, 5) is 11.8. The normalized spacial score (nSPS) is 10.4. The van der Waals surface area contributed by atoms with Crippen LogP contribution in [0.1, 0.15) is 23.1 Å². The number of benzene rings is 2. The maximum Gasteiger partial charge on any atom is 0.230 e. The lowest BCUT2D eigenvalue weighted by Gasteiger charge is -2.07. The molecule has 0 bridgehead atoms. The van der Waals surface area contributed by atoms with Gasteiger partial charge in [0.1, 0.15) is 5.75 Å². The molecule has 0 radical (unpaired) electrons. The predicted octanol–water partition coefficient (Wildman–Crippen LogP) is 3.99. The van der Waals surface area contributed by atoms with Gasteiger partial charge in [0, 0.05) is 12.3 Å². The van der Waals surface area contributed by atoms with Gasteiger partial charge < -0.3 is 10.1 Å². The van der Waals surface area contributed by atoms with E-state index in [2.05, 4.69) is 42.6 Å². The quantitative estimate of drug-likeness (QED) is 0.700. The van der Waals surface area contributed by atoms with Gasteiger partial charge in [-0.15, -0.1) is 11.8 Å². The molecular weight excluding hydrogens is 318 g/mol. The molecule has 128 valence electrons. The fourth-order valence-electron chi connectivity index (χ4n) is 2.35. The highest BCUT2D eigenvalue weighted by atomic mass is 32.2. The number of hydrogen-bond donors (Lipinski definition) is 1. The largest absolute Gasteiger partial charge is 0.497 e. The van der Waals surface area contributed by atoms with Crippen molar-refractivity contribution in [1.29, 1.82) is 0 Å². The van der Waals surface area contributed by atoms with Crippen molar-refractivity contribution in [3.05, 3.63) is 65.2 Å². The van der Waals surface area contributed by atoms with Gasteiger partial charge in [-0.1, -0.05) is 42.0 Å². The van der Waals surface area contributed by atoms with Gasteiger partial charge in [-0.25, -0.2) is 0 Å². The van der Waals surface area contributed by atoms with Crippen LogP contribution in [0.25, 0.3) is 0 Å². The van der Waals surface area contributed by atoms with E-state index in [1.807, 2.05) is 18.2 Å². The van der Waals surface area contributed by atoms with E-state index >= 15 is 0 Å². The van der Waals surface area contributed by atoms with Gasteiger partial charge in [-0.3, -0.25) is 4.79 Å². The Morgan fingerprint density at radius 2 is 1.92 bits per heavy atom. The number of carbonyl (C=O) groups excluding carboxylic acids is 1. The molecule has 0 saturated carbocycles. The Morgan fingerprint density at radius 1 is 1.12 bits per heavy atom. The van der Waals surface area contributed by atoms with Gasteiger partial charge in [0.25, 0.3) is 0 Å². The Balaban J connectivity index is 1.58. The summed E-state index contributed by atoms with van der Waals surface area (Å²) in [5.74, 6) is 2.37. The number of amides is 1. The summed E-state index contributed by atoms with van der Waals surface area (Å²) >= 11 is 1.65. The number of ether oxygens (including phenoxy) is 1. The molecule has 0 spiro atoms. The van der Waals surface area contributed by atoms with Crippen molar-refractivity contribution in [1.82, 2.24) is 5.32 Å². The van der Waals surface area contributed by atoms with Gasteiger partial charge in [-0.05, 0) is 43.0 Å². The second-order valence-electron chi connectivity index (χ2n) is 5.78. The molecule has 0 aliphatic heterocycles. The number of methoxy groups -OCH3 is 1. The number of nitrogens with one attached hydrogen (secondary N) is 1. The van der Waals surface area contributed by atoms with Gasteiger partial charge in [0.15, 0.2) is 0 Å². The van der Waals surface area contributed by atoms with Crippen molar-refractivity contribution in [3.8, 4) is 5.75 Å². The number of hydrogen-bond acceptors (Lipinski definition) is 3. The van der Waals surface area contributed by atoms with E-state index in [-0.39, 0.29) is 5.91 Å². The molecule has 4 heteroatoms. The maximum atomic E-state index is 11.8. The third-order valence-corrected chi connectivity index (χ3v) is 4.72. The first-order valence-corrected chi connectivity index (χ1v) is 9.36. The summed E-state index contributed by atoms with van der Waals surface area (Å²) in [6, 6.07) is 16.5. The maximum absolute atomic E-state index is 11.8. The zero-order valence-corrected chi connectivity index (χ0v) is 15.2. The van der Waals surface area contributed by atoms with E-state index in [1.165, 1.54) is 16.7 Å². The molecule has 0 saturated heterocycles. The van der Waals surface area contributed by atoms with Crippen LogP contribution in [0.3, 0.4) is 0 Å². The molecule has 1 amide bonds. The minimum atomic E-state index is 0.109. The van der Waals surface area contributed by atoms with Crippen LogP contribution in [0.2, 0.25) is 0 Å². The Kier molecular flexibility index (Phi) is 7.69. The van der Waals surface area contributed by atoms with Crippen LogP contribution in [-0.2, 0) is 17.0 Å². The molecule has 0 unspecified atom stereocenters. The minimum absolute atomic E-state index is 0.109. The zero-order chi connectivity index (χ0) is 17.2. The summed E-state index contributed by atoms with van der Waals surface area (Å²) < 4.78 is 5.21.